The van der Waals surface area contributed by atoms with Gasteiger partial charge in [0.1, 0.15) is 12.6 Å². The number of likely N-dealkylation sites (tertiary alicyclic amines) is 1. The van der Waals surface area contributed by atoms with E-state index in [-0.39, 0.29) is 25.4 Å². The number of nitrogens with zero attached hydrogens (tertiary/aromatic N) is 1. The van der Waals surface area contributed by atoms with Crippen LogP contribution in [0.25, 0.3) is 0 Å². The topological polar surface area (TPSA) is 69.6 Å². The van der Waals surface area contributed by atoms with Gasteiger partial charge in [-0.2, -0.15) is 13.2 Å². The van der Waals surface area contributed by atoms with Crippen molar-refractivity contribution < 1.29 is 27.9 Å². The van der Waals surface area contributed by atoms with Gasteiger partial charge in [-0.05, 0) is 12.8 Å². The Morgan fingerprint density at radius 3 is 2.60 bits per heavy atom. The van der Waals surface area contributed by atoms with Crippen molar-refractivity contribution in [2.24, 2.45) is 0 Å². The summed E-state index contributed by atoms with van der Waals surface area (Å²) >= 11 is 0. The van der Waals surface area contributed by atoms with E-state index in [1.807, 2.05) is 0 Å². The van der Waals surface area contributed by atoms with Crippen molar-refractivity contribution in [2.75, 3.05) is 13.1 Å². The smallest absolute Gasteiger partial charge is 0.406 e. The van der Waals surface area contributed by atoms with Crippen LogP contribution in [0.5, 0.6) is 0 Å². The Balaban J connectivity index is 0.00000361. The summed E-state index contributed by atoms with van der Waals surface area (Å²) in [5.74, 6) is -1.77. The number of halogens is 4. The molecule has 0 radical (unpaired) electrons. The Morgan fingerprint density at radius 2 is 2.15 bits per heavy atom. The zero-order valence-electron chi connectivity index (χ0n) is 10.9. The second-order valence-electron chi connectivity index (χ2n) is 4.56. The third-order valence-corrected chi connectivity index (χ3v) is 2.95. The van der Waals surface area contributed by atoms with E-state index in [1.54, 1.807) is 6.92 Å². The molecule has 1 saturated heterocycles. The first kappa shape index (κ1) is 19.0. The van der Waals surface area contributed by atoms with Crippen molar-refractivity contribution in [3.05, 3.63) is 0 Å². The van der Waals surface area contributed by atoms with Crippen LogP contribution in [-0.2, 0) is 9.59 Å². The Kier molecular flexibility index (Phi) is 7.29. The number of hydrogen-bond acceptors (Lipinski definition) is 3. The number of aliphatic carboxylic acids is 1. The summed E-state index contributed by atoms with van der Waals surface area (Å²) in [6.45, 7) is 0.508. The molecule has 5 nitrogen and oxygen atoms in total. The van der Waals surface area contributed by atoms with Gasteiger partial charge in [-0.25, -0.2) is 0 Å². The quantitative estimate of drug-likeness (QED) is 0.777. The minimum absolute atomic E-state index is 0. The Bertz CT molecular complexity index is 352. The van der Waals surface area contributed by atoms with E-state index in [4.69, 9.17) is 5.11 Å². The molecule has 20 heavy (non-hydrogen) atoms. The highest BCUT2D eigenvalue weighted by molar-refractivity contribution is 5.85. The molecule has 1 aliphatic rings. The maximum atomic E-state index is 12.2. The highest BCUT2D eigenvalue weighted by Gasteiger charge is 2.40. The van der Waals surface area contributed by atoms with Crippen molar-refractivity contribution in [2.45, 2.75) is 44.4 Å². The summed E-state index contributed by atoms with van der Waals surface area (Å²) in [6, 6.07) is -1.74. The summed E-state index contributed by atoms with van der Waals surface area (Å²) < 4.78 is 36.6. The summed E-state index contributed by atoms with van der Waals surface area (Å²) in [6.07, 6.45) is -3.29. The van der Waals surface area contributed by atoms with Crippen molar-refractivity contribution in [3.63, 3.8) is 0 Å². The van der Waals surface area contributed by atoms with Crippen LogP contribution in [0.1, 0.15) is 26.2 Å². The minimum atomic E-state index is -4.43. The molecule has 1 amide bonds. The normalized spacial score (nSPS) is 20.7. The Morgan fingerprint density at radius 1 is 1.55 bits per heavy atom. The number of carbonyl (C=O) groups excluding carboxylic acids is 1. The Hall–Kier alpha value is -1.02. The molecule has 0 saturated carbocycles. The number of rotatable bonds is 6. The molecule has 2 N–H and O–H groups in total. The third kappa shape index (κ3) is 5.54. The predicted molar refractivity (Wildman–Crippen MR) is 67.8 cm³/mol. The largest absolute Gasteiger partial charge is 0.480 e. The molecule has 2 atom stereocenters. The van der Waals surface area contributed by atoms with Gasteiger partial charge in [0.05, 0.1) is 6.04 Å². The van der Waals surface area contributed by atoms with Crippen LogP contribution in [0.2, 0.25) is 0 Å². The van der Waals surface area contributed by atoms with Crippen LogP contribution in [0.3, 0.4) is 0 Å². The molecule has 1 fully saturated rings. The molecular weight excluding hydrogens is 301 g/mol. The SMILES string of the molecule is CCCC(NC1CCN(CC(F)(F)F)C1=O)C(=O)O.Cl. The van der Waals surface area contributed by atoms with Crippen LogP contribution < -0.4 is 5.32 Å². The lowest BCUT2D eigenvalue weighted by Crippen LogP contribution is -2.48. The second-order valence-corrected chi connectivity index (χ2v) is 4.56. The van der Waals surface area contributed by atoms with Gasteiger partial charge in [0.15, 0.2) is 0 Å². The van der Waals surface area contributed by atoms with Gasteiger partial charge >= 0.3 is 12.1 Å². The fraction of sp³-hybridized carbons (Fsp3) is 0.818. The summed E-state index contributed by atoms with van der Waals surface area (Å²) in [5.41, 5.74) is 0. The molecule has 2 unspecified atom stereocenters. The lowest BCUT2D eigenvalue weighted by atomic mass is 10.1. The molecule has 118 valence electrons. The number of carbonyl (C=O) groups is 2. The zero-order chi connectivity index (χ0) is 14.6. The maximum Gasteiger partial charge on any atom is 0.406 e. The van der Waals surface area contributed by atoms with Gasteiger partial charge in [-0.1, -0.05) is 13.3 Å². The molecule has 0 aromatic rings. The number of carboxylic acids is 1. The molecule has 1 heterocycles. The number of nitrogens with one attached hydrogen (secondary N) is 1. The number of amides is 1. The molecule has 0 aromatic carbocycles. The number of carboxylic acid groups (broad SMARTS) is 1. The van der Waals surface area contributed by atoms with Crippen molar-refractivity contribution in [1.82, 2.24) is 10.2 Å². The standard InChI is InChI=1S/C11H17F3N2O3.ClH/c1-2-3-8(10(18)19)15-7-4-5-16(9(7)17)6-11(12,13)14;/h7-8,15H,2-6H2,1H3,(H,18,19);1H. The fourth-order valence-electron chi connectivity index (χ4n) is 2.08. The first-order chi connectivity index (χ1) is 8.74. The van der Waals surface area contributed by atoms with E-state index >= 15 is 0 Å². The summed E-state index contributed by atoms with van der Waals surface area (Å²) in [7, 11) is 0. The van der Waals surface area contributed by atoms with Crippen LogP contribution in [0.15, 0.2) is 0 Å². The molecule has 9 heteroatoms. The highest BCUT2D eigenvalue weighted by atomic mass is 35.5. The third-order valence-electron chi connectivity index (χ3n) is 2.95. The monoisotopic (exact) mass is 318 g/mol. The molecule has 0 bridgehead atoms. The van der Waals surface area contributed by atoms with Crippen LogP contribution >= 0.6 is 12.4 Å². The fourth-order valence-corrected chi connectivity index (χ4v) is 2.08. The summed E-state index contributed by atoms with van der Waals surface area (Å²) in [5, 5.41) is 11.6. The lowest BCUT2D eigenvalue weighted by molar-refractivity contribution is -0.158. The maximum absolute atomic E-state index is 12.2. The van der Waals surface area contributed by atoms with E-state index in [0.717, 1.165) is 0 Å². The zero-order valence-corrected chi connectivity index (χ0v) is 11.8. The molecule has 0 aliphatic carbocycles. The van der Waals surface area contributed by atoms with E-state index in [2.05, 4.69) is 5.32 Å². The van der Waals surface area contributed by atoms with E-state index in [0.29, 0.717) is 17.7 Å². The molecular formula is C11H18ClF3N2O3. The Labute approximate surface area is 120 Å². The van der Waals surface area contributed by atoms with E-state index in [1.165, 1.54) is 0 Å². The minimum Gasteiger partial charge on any atom is -0.480 e. The van der Waals surface area contributed by atoms with Crippen LogP contribution in [0.4, 0.5) is 13.2 Å². The second kappa shape index (κ2) is 7.68. The van der Waals surface area contributed by atoms with Crippen molar-refractivity contribution >= 4 is 24.3 Å². The van der Waals surface area contributed by atoms with E-state index in [9.17, 15) is 22.8 Å². The first-order valence-corrected chi connectivity index (χ1v) is 6.09. The van der Waals surface area contributed by atoms with Crippen molar-refractivity contribution in [3.8, 4) is 0 Å². The van der Waals surface area contributed by atoms with Crippen molar-refractivity contribution in [1.29, 1.82) is 0 Å². The molecule has 1 rings (SSSR count). The highest BCUT2D eigenvalue weighted by Crippen LogP contribution is 2.21. The van der Waals surface area contributed by atoms with Gasteiger partial charge in [0, 0.05) is 6.54 Å². The lowest BCUT2D eigenvalue weighted by Gasteiger charge is -2.20. The molecule has 0 spiro atoms. The van der Waals surface area contributed by atoms with Gasteiger partial charge in [-0.15, -0.1) is 12.4 Å². The summed E-state index contributed by atoms with van der Waals surface area (Å²) in [4.78, 5) is 23.4. The van der Waals surface area contributed by atoms with Crippen LogP contribution in [0, 0.1) is 0 Å². The van der Waals surface area contributed by atoms with Crippen LogP contribution in [-0.4, -0.2) is 53.2 Å². The predicted octanol–water partition coefficient (Wildman–Crippen LogP) is 1.41. The van der Waals surface area contributed by atoms with E-state index < -0.39 is 36.7 Å². The molecule has 1 aliphatic heterocycles. The van der Waals surface area contributed by atoms with Gasteiger partial charge in [-0.3, -0.25) is 14.9 Å². The molecule has 0 aromatic heterocycles. The van der Waals surface area contributed by atoms with Gasteiger partial charge in [0.2, 0.25) is 5.91 Å². The first-order valence-electron chi connectivity index (χ1n) is 6.09. The average Bonchev–Trinajstić information content (AvgIpc) is 2.58. The van der Waals surface area contributed by atoms with Gasteiger partial charge < -0.3 is 10.0 Å². The number of hydrogen-bond donors (Lipinski definition) is 2. The number of alkyl halides is 3. The van der Waals surface area contributed by atoms with Gasteiger partial charge in [0.25, 0.3) is 0 Å². The average molecular weight is 319 g/mol.